The predicted molar refractivity (Wildman–Crippen MR) is 47.7 cm³/mol. The Hall–Kier alpha value is -0.640. The van der Waals surface area contributed by atoms with Crippen molar-refractivity contribution in [2.75, 3.05) is 13.2 Å². The SMILES string of the molecule is C1CCOC1.CC(F)(F)C(F)(F)C(F)(F)C(O)(F)F. The van der Waals surface area contributed by atoms with Crippen molar-refractivity contribution in [2.24, 2.45) is 0 Å². The summed E-state index contributed by atoms with van der Waals surface area (Å²) in [5, 5.41) is 7.35. The van der Waals surface area contributed by atoms with E-state index in [9.17, 15) is 35.1 Å². The Morgan fingerprint density at radius 3 is 1.26 bits per heavy atom. The number of halogens is 8. The summed E-state index contributed by atoms with van der Waals surface area (Å²) in [6, 6.07) is 0. The molecule has 10 heteroatoms. The Bertz CT molecular complexity index is 245. The van der Waals surface area contributed by atoms with Crippen molar-refractivity contribution >= 4 is 0 Å². The molecule has 1 fully saturated rings. The molecule has 1 aliphatic heterocycles. The standard InChI is InChI=1S/C5H4F8O.C4H8O/c1-2(6,7)3(8,9)4(10,11)5(12,13)14;1-2-4-5-3-1/h14H,1H3;1-4H2. The number of alkyl halides is 8. The van der Waals surface area contributed by atoms with E-state index in [0.717, 1.165) is 13.2 Å². The fourth-order valence-corrected chi connectivity index (χ4v) is 0.975. The van der Waals surface area contributed by atoms with Crippen molar-refractivity contribution in [3.05, 3.63) is 0 Å². The summed E-state index contributed by atoms with van der Waals surface area (Å²) in [7, 11) is 0. The molecule has 0 saturated carbocycles. The second-order valence-corrected chi connectivity index (χ2v) is 3.90. The first-order valence-corrected chi connectivity index (χ1v) is 5.06. The van der Waals surface area contributed by atoms with E-state index in [1.807, 2.05) is 0 Å². The van der Waals surface area contributed by atoms with Crippen LogP contribution in [0.4, 0.5) is 35.1 Å². The number of ether oxygens (including phenoxy) is 1. The molecule has 1 saturated heterocycles. The van der Waals surface area contributed by atoms with Crippen molar-refractivity contribution in [3.63, 3.8) is 0 Å². The van der Waals surface area contributed by atoms with Gasteiger partial charge in [-0.05, 0) is 12.8 Å². The van der Waals surface area contributed by atoms with Gasteiger partial charge in [0, 0.05) is 20.1 Å². The van der Waals surface area contributed by atoms with E-state index < -0.39 is 30.8 Å². The van der Waals surface area contributed by atoms with Crippen LogP contribution < -0.4 is 0 Å². The molecule has 116 valence electrons. The van der Waals surface area contributed by atoms with Gasteiger partial charge in [0.1, 0.15) is 0 Å². The van der Waals surface area contributed by atoms with E-state index in [1.54, 1.807) is 0 Å². The largest absolute Gasteiger partial charge is 0.423 e. The molecular formula is C9H12F8O2. The number of aliphatic hydroxyl groups is 1. The van der Waals surface area contributed by atoms with Crippen LogP contribution in [0, 0.1) is 0 Å². The molecule has 1 N–H and O–H groups in total. The summed E-state index contributed by atoms with van der Waals surface area (Å²) in [6.07, 6.45) is -3.67. The zero-order valence-corrected chi connectivity index (χ0v) is 9.71. The Kier molecular flexibility index (Phi) is 5.58. The molecule has 0 radical (unpaired) electrons. The van der Waals surface area contributed by atoms with Gasteiger partial charge in [0.25, 0.3) is 0 Å². The minimum absolute atomic E-state index is 0.660. The van der Waals surface area contributed by atoms with Crippen LogP contribution in [-0.2, 0) is 4.74 Å². The van der Waals surface area contributed by atoms with Gasteiger partial charge in [-0.1, -0.05) is 0 Å². The minimum Gasteiger partial charge on any atom is -0.381 e. The van der Waals surface area contributed by atoms with Crippen molar-refractivity contribution in [1.82, 2.24) is 0 Å². The van der Waals surface area contributed by atoms with Gasteiger partial charge in [0.2, 0.25) is 0 Å². The fourth-order valence-electron chi connectivity index (χ4n) is 0.975. The van der Waals surface area contributed by atoms with Crippen LogP contribution in [0.25, 0.3) is 0 Å². The topological polar surface area (TPSA) is 29.5 Å². The van der Waals surface area contributed by atoms with Gasteiger partial charge in [0.05, 0.1) is 0 Å². The van der Waals surface area contributed by atoms with Crippen LogP contribution in [-0.4, -0.2) is 42.2 Å². The van der Waals surface area contributed by atoms with Crippen molar-refractivity contribution < 1.29 is 45.0 Å². The summed E-state index contributed by atoms with van der Waals surface area (Å²) in [6.45, 7) is 1.34. The third-order valence-electron chi connectivity index (χ3n) is 2.15. The monoisotopic (exact) mass is 304 g/mol. The molecule has 0 amide bonds. The molecule has 0 bridgehead atoms. The van der Waals surface area contributed by atoms with E-state index in [2.05, 4.69) is 0 Å². The summed E-state index contributed by atoms with van der Waals surface area (Å²) in [5.41, 5.74) is 0. The summed E-state index contributed by atoms with van der Waals surface area (Å²) in [5.74, 6) is -18.3. The van der Waals surface area contributed by atoms with Crippen LogP contribution in [0.5, 0.6) is 0 Å². The van der Waals surface area contributed by atoms with E-state index in [1.165, 1.54) is 12.8 Å². The highest BCUT2D eigenvalue weighted by atomic mass is 19.4. The maximum atomic E-state index is 12.1. The zero-order valence-electron chi connectivity index (χ0n) is 9.71. The lowest BCUT2D eigenvalue weighted by Gasteiger charge is -2.32. The summed E-state index contributed by atoms with van der Waals surface area (Å²) >= 11 is 0. The molecule has 1 heterocycles. The molecule has 0 atom stereocenters. The van der Waals surface area contributed by atoms with Crippen molar-refractivity contribution in [2.45, 2.75) is 43.6 Å². The first kappa shape index (κ1) is 18.4. The van der Waals surface area contributed by atoms with Crippen LogP contribution in [0.1, 0.15) is 19.8 Å². The van der Waals surface area contributed by atoms with Crippen LogP contribution >= 0.6 is 0 Å². The maximum absolute atomic E-state index is 12.1. The molecular weight excluding hydrogens is 292 g/mol. The van der Waals surface area contributed by atoms with Crippen molar-refractivity contribution in [3.8, 4) is 0 Å². The van der Waals surface area contributed by atoms with Crippen LogP contribution in [0.3, 0.4) is 0 Å². The zero-order chi connectivity index (χ0) is 15.5. The average Bonchev–Trinajstić information content (AvgIpc) is 2.71. The normalized spacial score (nSPS) is 18.0. The fraction of sp³-hybridized carbons (Fsp3) is 1.00. The number of hydrogen-bond donors (Lipinski definition) is 1. The number of hydrogen-bond acceptors (Lipinski definition) is 2. The highest BCUT2D eigenvalue weighted by Gasteiger charge is 2.79. The smallest absolute Gasteiger partial charge is 0.381 e. The first-order valence-electron chi connectivity index (χ1n) is 5.06. The van der Waals surface area contributed by atoms with E-state index in [4.69, 9.17) is 9.84 Å². The molecule has 0 aromatic carbocycles. The number of rotatable bonds is 3. The minimum atomic E-state index is -6.54. The maximum Gasteiger partial charge on any atom is 0.423 e. The molecule has 0 aliphatic carbocycles. The quantitative estimate of drug-likeness (QED) is 0.811. The van der Waals surface area contributed by atoms with Gasteiger partial charge in [-0.15, -0.1) is 0 Å². The van der Waals surface area contributed by atoms with E-state index >= 15 is 0 Å². The highest BCUT2D eigenvalue weighted by molar-refractivity contribution is 4.97. The lowest BCUT2D eigenvalue weighted by Crippen LogP contribution is -2.61. The van der Waals surface area contributed by atoms with Crippen molar-refractivity contribution in [1.29, 1.82) is 0 Å². The van der Waals surface area contributed by atoms with Crippen LogP contribution in [0.15, 0.2) is 0 Å². The highest BCUT2D eigenvalue weighted by Crippen LogP contribution is 2.51. The molecule has 1 aliphatic rings. The van der Waals surface area contributed by atoms with E-state index in [-0.39, 0.29) is 0 Å². The van der Waals surface area contributed by atoms with Gasteiger partial charge in [0.15, 0.2) is 0 Å². The third-order valence-corrected chi connectivity index (χ3v) is 2.15. The lowest BCUT2D eigenvalue weighted by atomic mass is 10.1. The molecule has 1 rings (SSSR count). The summed E-state index contributed by atoms with van der Waals surface area (Å²) < 4.78 is 99.8. The molecule has 0 unspecified atom stereocenters. The van der Waals surface area contributed by atoms with Gasteiger partial charge in [-0.3, -0.25) is 0 Å². The molecule has 0 aromatic heterocycles. The molecule has 19 heavy (non-hydrogen) atoms. The Balaban J connectivity index is 0.000000532. The van der Waals surface area contributed by atoms with Gasteiger partial charge < -0.3 is 9.84 Å². The molecule has 0 aromatic rings. The molecule has 2 nitrogen and oxygen atoms in total. The van der Waals surface area contributed by atoms with Crippen LogP contribution in [0.2, 0.25) is 0 Å². The Morgan fingerprint density at radius 2 is 1.16 bits per heavy atom. The predicted octanol–water partition coefficient (Wildman–Crippen LogP) is 3.29. The lowest BCUT2D eigenvalue weighted by molar-refractivity contribution is -0.414. The molecule has 0 spiro atoms. The second kappa shape index (κ2) is 5.78. The van der Waals surface area contributed by atoms with Gasteiger partial charge >= 0.3 is 23.9 Å². The van der Waals surface area contributed by atoms with E-state index in [0.29, 0.717) is 0 Å². The Morgan fingerprint density at radius 1 is 0.789 bits per heavy atom. The van der Waals surface area contributed by atoms with Gasteiger partial charge in [-0.2, -0.15) is 35.1 Å². The second-order valence-electron chi connectivity index (χ2n) is 3.90. The van der Waals surface area contributed by atoms with Gasteiger partial charge in [-0.25, -0.2) is 0 Å². The average molecular weight is 304 g/mol. The Labute approximate surface area is 103 Å². The third kappa shape index (κ3) is 4.16. The first-order chi connectivity index (χ1) is 8.25. The summed E-state index contributed by atoms with van der Waals surface area (Å²) in [4.78, 5) is 0.